The van der Waals surface area contributed by atoms with Crippen LogP contribution in [0.25, 0.3) is 0 Å². The van der Waals surface area contributed by atoms with Crippen LogP contribution < -0.4 is 4.90 Å². The SMILES string of the molecule is CC1CN(CN2C(=O)C(=O)c3cc(Cl)ccc32)CC(C)O1. The summed E-state index contributed by atoms with van der Waals surface area (Å²) < 4.78 is 5.68. The molecule has 0 bridgehead atoms. The van der Waals surface area contributed by atoms with Gasteiger partial charge in [0.05, 0.1) is 30.1 Å². The standard InChI is InChI=1S/C15H17ClN2O3/c1-9-6-17(7-10(2)21-9)8-18-13-4-3-11(16)5-12(13)14(19)15(18)20/h3-5,9-10H,6-8H2,1-2H3. The Labute approximate surface area is 128 Å². The lowest BCUT2D eigenvalue weighted by Crippen LogP contribution is -2.50. The summed E-state index contributed by atoms with van der Waals surface area (Å²) in [5.41, 5.74) is 1.03. The van der Waals surface area contributed by atoms with E-state index in [9.17, 15) is 9.59 Å². The number of carbonyl (C=O) groups is 2. The molecular formula is C15H17ClN2O3. The van der Waals surface area contributed by atoms with Crippen LogP contribution in [-0.2, 0) is 9.53 Å². The third-order valence-corrected chi connectivity index (χ3v) is 4.01. The molecule has 0 radical (unpaired) electrons. The van der Waals surface area contributed by atoms with Gasteiger partial charge in [0.2, 0.25) is 0 Å². The molecule has 6 heteroatoms. The number of anilines is 1. The summed E-state index contributed by atoms with van der Waals surface area (Å²) in [7, 11) is 0. The Balaban J connectivity index is 1.83. The second kappa shape index (κ2) is 5.40. The first-order valence-corrected chi connectivity index (χ1v) is 7.37. The molecule has 0 saturated carbocycles. The number of morpholine rings is 1. The van der Waals surface area contributed by atoms with E-state index in [1.165, 1.54) is 4.90 Å². The fourth-order valence-corrected chi connectivity index (χ4v) is 3.19. The van der Waals surface area contributed by atoms with Crippen molar-refractivity contribution in [2.75, 3.05) is 24.7 Å². The number of fused-ring (bicyclic) bond motifs is 1. The second-order valence-electron chi connectivity index (χ2n) is 5.66. The van der Waals surface area contributed by atoms with Crippen molar-refractivity contribution in [1.29, 1.82) is 0 Å². The Kier molecular flexibility index (Phi) is 3.73. The predicted molar refractivity (Wildman–Crippen MR) is 79.7 cm³/mol. The summed E-state index contributed by atoms with van der Waals surface area (Å²) in [6.45, 7) is 5.90. The first kappa shape index (κ1) is 14.5. The van der Waals surface area contributed by atoms with Gasteiger partial charge in [0, 0.05) is 18.1 Å². The van der Waals surface area contributed by atoms with Crippen LogP contribution in [0.5, 0.6) is 0 Å². The van der Waals surface area contributed by atoms with Gasteiger partial charge in [-0.05, 0) is 32.0 Å². The summed E-state index contributed by atoms with van der Waals surface area (Å²) >= 11 is 5.91. The number of nitrogens with zero attached hydrogens (tertiary/aromatic N) is 2. The summed E-state index contributed by atoms with van der Waals surface area (Å²) in [5, 5.41) is 0.463. The highest BCUT2D eigenvalue weighted by atomic mass is 35.5. The number of carbonyl (C=O) groups excluding carboxylic acids is 2. The molecule has 2 aliphatic rings. The number of hydrogen-bond acceptors (Lipinski definition) is 4. The average Bonchev–Trinajstić information content (AvgIpc) is 2.63. The van der Waals surface area contributed by atoms with E-state index < -0.39 is 11.7 Å². The molecule has 2 unspecified atom stereocenters. The zero-order chi connectivity index (χ0) is 15.1. The third-order valence-electron chi connectivity index (χ3n) is 3.77. The van der Waals surface area contributed by atoms with Crippen molar-refractivity contribution in [3.05, 3.63) is 28.8 Å². The van der Waals surface area contributed by atoms with Gasteiger partial charge < -0.3 is 4.74 Å². The lowest BCUT2D eigenvalue weighted by Gasteiger charge is -2.37. The summed E-state index contributed by atoms with van der Waals surface area (Å²) in [6.07, 6.45) is 0.235. The van der Waals surface area contributed by atoms with Crippen molar-refractivity contribution < 1.29 is 14.3 Å². The Bertz CT molecular complexity index is 595. The van der Waals surface area contributed by atoms with Crippen LogP contribution in [0.15, 0.2) is 18.2 Å². The van der Waals surface area contributed by atoms with Gasteiger partial charge in [-0.3, -0.25) is 19.4 Å². The fraction of sp³-hybridized carbons (Fsp3) is 0.467. The third kappa shape index (κ3) is 2.69. The number of halogens is 1. The minimum absolute atomic E-state index is 0.117. The molecule has 1 amide bonds. The minimum Gasteiger partial charge on any atom is -0.373 e. The lowest BCUT2D eigenvalue weighted by atomic mass is 10.1. The smallest absolute Gasteiger partial charge is 0.300 e. The highest BCUT2D eigenvalue weighted by Gasteiger charge is 2.37. The Morgan fingerprint density at radius 1 is 1.24 bits per heavy atom. The maximum Gasteiger partial charge on any atom is 0.300 e. The molecular weight excluding hydrogens is 292 g/mol. The van der Waals surface area contributed by atoms with Crippen LogP contribution in [0.3, 0.4) is 0 Å². The molecule has 5 nitrogen and oxygen atoms in total. The molecule has 0 N–H and O–H groups in total. The Morgan fingerprint density at radius 2 is 1.90 bits per heavy atom. The second-order valence-corrected chi connectivity index (χ2v) is 6.09. The molecule has 0 aromatic heterocycles. The number of benzene rings is 1. The van der Waals surface area contributed by atoms with Crippen molar-refractivity contribution in [1.82, 2.24) is 4.90 Å². The zero-order valence-electron chi connectivity index (χ0n) is 12.0. The van der Waals surface area contributed by atoms with E-state index in [-0.39, 0.29) is 12.2 Å². The molecule has 2 heterocycles. The van der Waals surface area contributed by atoms with E-state index in [0.717, 1.165) is 13.1 Å². The Hall–Kier alpha value is -1.43. The van der Waals surface area contributed by atoms with Crippen LogP contribution in [0.2, 0.25) is 5.02 Å². The van der Waals surface area contributed by atoms with Crippen molar-refractivity contribution >= 4 is 29.0 Å². The van der Waals surface area contributed by atoms with Crippen molar-refractivity contribution in [3.8, 4) is 0 Å². The molecule has 1 aromatic rings. The Morgan fingerprint density at radius 3 is 2.57 bits per heavy atom. The topological polar surface area (TPSA) is 49.9 Å². The first-order chi connectivity index (χ1) is 9.95. The summed E-state index contributed by atoms with van der Waals surface area (Å²) in [5.74, 6) is -0.971. The van der Waals surface area contributed by atoms with Crippen molar-refractivity contribution in [2.45, 2.75) is 26.1 Å². The van der Waals surface area contributed by atoms with Crippen molar-refractivity contribution in [2.24, 2.45) is 0 Å². The van der Waals surface area contributed by atoms with Gasteiger partial charge in [0.25, 0.3) is 5.78 Å². The molecule has 112 valence electrons. The molecule has 1 fully saturated rings. The van der Waals surface area contributed by atoms with Gasteiger partial charge in [0.15, 0.2) is 0 Å². The molecule has 2 atom stereocenters. The normalized spacial score (nSPS) is 26.3. The molecule has 0 aliphatic carbocycles. The van der Waals surface area contributed by atoms with Gasteiger partial charge in [-0.2, -0.15) is 0 Å². The minimum atomic E-state index is -0.487. The molecule has 3 rings (SSSR count). The first-order valence-electron chi connectivity index (χ1n) is 6.99. The molecule has 21 heavy (non-hydrogen) atoms. The van der Waals surface area contributed by atoms with Gasteiger partial charge in [-0.1, -0.05) is 11.6 Å². The van der Waals surface area contributed by atoms with E-state index in [0.29, 0.717) is 22.9 Å². The highest BCUT2D eigenvalue weighted by molar-refractivity contribution is 6.52. The fourth-order valence-electron chi connectivity index (χ4n) is 3.01. The van der Waals surface area contributed by atoms with Gasteiger partial charge in [-0.25, -0.2) is 0 Å². The number of ketones is 1. The van der Waals surface area contributed by atoms with E-state index in [1.54, 1.807) is 18.2 Å². The van der Waals surface area contributed by atoms with E-state index in [1.807, 2.05) is 13.8 Å². The lowest BCUT2D eigenvalue weighted by molar-refractivity contribution is -0.115. The molecule has 0 spiro atoms. The number of Topliss-reactive ketones (excluding diaryl/α,β-unsaturated/α-hetero) is 1. The summed E-state index contributed by atoms with van der Waals surface area (Å²) in [4.78, 5) is 27.9. The predicted octanol–water partition coefficient (Wildman–Crippen LogP) is 1.94. The number of hydrogen-bond donors (Lipinski definition) is 0. The van der Waals surface area contributed by atoms with Crippen LogP contribution >= 0.6 is 11.6 Å². The van der Waals surface area contributed by atoms with Crippen LogP contribution in [0.4, 0.5) is 5.69 Å². The van der Waals surface area contributed by atoms with E-state index in [4.69, 9.17) is 16.3 Å². The summed E-state index contributed by atoms with van der Waals surface area (Å²) in [6, 6.07) is 4.99. The maximum absolute atomic E-state index is 12.2. The number of amides is 1. The zero-order valence-corrected chi connectivity index (χ0v) is 12.8. The van der Waals surface area contributed by atoms with Crippen molar-refractivity contribution in [3.63, 3.8) is 0 Å². The quantitative estimate of drug-likeness (QED) is 0.784. The average molecular weight is 309 g/mol. The number of rotatable bonds is 2. The highest BCUT2D eigenvalue weighted by Crippen LogP contribution is 2.31. The monoisotopic (exact) mass is 308 g/mol. The van der Waals surface area contributed by atoms with Crippen LogP contribution in [0.1, 0.15) is 24.2 Å². The molecule has 1 saturated heterocycles. The molecule has 2 aliphatic heterocycles. The molecule has 1 aromatic carbocycles. The van der Waals surface area contributed by atoms with E-state index in [2.05, 4.69) is 4.90 Å². The van der Waals surface area contributed by atoms with Gasteiger partial charge in [-0.15, -0.1) is 0 Å². The van der Waals surface area contributed by atoms with Gasteiger partial charge in [0.1, 0.15) is 0 Å². The van der Waals surface area contributed by atoms with E-state index >= 15 is 0 Å². The number of ether oxygens (including phenoxy) is 1. The largest absolute Gasteiger partial charge is 0.373 e. The maximum atomic E-state index is 12.2. The van der Waals surface area contributed by atoms with Crippen LogP contribution in [0, 0.1) is 0 Å². The van der Waals surface area contributed by atoms with Gasteiger partial charge >= 0.3 is 5.91 Å². The van der Waals surface area contributed by atoms with Crippen LogP contribution in [-0.4, -0.2) is 48.6 Å².